The van der Waals surface area contributed by atoms with Crippen LogP contribution in [0.25, 0.3) is 6.08 Å². The first kappa shape index (κ1) is 9.00. The van der Waals surface area contributed by atoms with Crippen molar-refractivity contribution in [1.82, 2.24) is 4.90 Å². The first-order chi connectivity index (χ1) is 6.77. The summed E-state index contributed by atoms with van der Waals surface area (Å²) in [5, 5.41) is 0. The highest BCUT2D eigenvalue weighted by molar-refractivity contribution is 5.93. The van der Waals surface area contributed by atoms with Crippen LogP contribution in [0.4, 0.5) is 0 Å². The maximum Gasteiger partial charge on any atom is 0.246 e. The Labute approximate surface area is 83.8 Å². The molecule has 14 heavy (non-hydrogen) atoms. The van der Waals surface area contributed by atoms with E-state index in [1.807, 2.05) is 48.2 Å². The summed E-state index contributed by atoms with van der Waals surface area (Å²) in [7, 11) is 0. The van der Waals surface area contributed by atoms with E-state index in [0.717, 1.165) is 12.1 Å². The number of amides is 1. The average Bonchev–Trinajstić information content (AvgIpc) is 2.94. The van der Waals surface area contributed by atoms with E-state index in [0.29, 0.717) is 6.04 Å². The van der Waals surface area contributed by atoms with Gasteiger partial charge in [0.2, 0.25) is 5.91 Å². The lowest BCUT2D eigenvalue weighted by Crippen LogP contribution is -2.08. The fourth-order valence-electron chi connectivity index (χ4n) is 1.37. The van der Waals surface area contributed by atoms with Gasteiger partial charge in [-0.25, -0.2) is 0 Å². The molecule has 72 valence electrons. The molecule has 0 spiro atoms. The Kier molecular flexibility index (Phi) is 2.35. The van der Waals surface area contributed by atoms with E-state index in [9.17, 15) is 4.79 Å². The van der Waals surface area contributed by atoms with Crippen LogP contribution >= 0.6 is 0 Å². The summed E-state index contributed by atoms with van der Waals surface area (Å²) in [6.45, 7) is 2.95. The topological polar surface area (TPSA) is 20.1 Å². The molecule has 2 heteroatoms. The largest absolute Gasteiger partial charge is 0.333 e. The Bertz CT molecular complexity index is 356. The normalized spacial score (nSPS) is 20.1. The number of hydrogen-bond donors (Lipinski definition) is 0. The number of carbonyl (C=O) groups is 1. The highest BCUT2D eigenvalue weighted by atomic mass is 16.2. The van der Waals surface area contributed by atoms with Crippen LogP contribution in [-0.2, 0) is 4.79 Å². The Hall–Kier alpha value is -1.57. The summed E-state index contributed by atoms with van der Waals surface area (Å²) in [6, 6.07) is 10.3. The van der Waals surface area contributed by atoms with Crippen LogP contribution in [0.2, 0.25) is 0 Å². The van der Waals surface area contributed by atoms with E-state index < -0.39 is 0 Å². The molecule has 1 saturated heterocycles. The van der Waals surface area contributed by atoms with Crippen LogP contribution in [0.1, 0.15) is 12.5 Å². The number of rotatable bonds is 2. The van der Waals surface area contributed by atoms with Gasteiger partial charge in [0, 0.05) is 18.7 Å². The lowest BCUT2D eigenvalue weighted by Gasteiger charge is -1.95. The SMILES string of the molecule is CC1CN1C(=O)/C=C/c1ccccc1. The van der Waals surface area contributed by atoms with Crippen LogP contribution < -0.4 is 0 Å². The quantitative estimate of drug-likeness (QED) is 0.511. The van der Waals surface area contributed by atoms with Crippen molar-refractivity contribution >= 4 is 12.0 Å². The fourth-order valence-corrected chi connectivity index (χ4v) is 1.37. The molecule has 1 heterocycles. The maximum absolute atomic E-state index is 11.4. The predicted octanol–water partition coefficient (Wildman–Crippen LogP) is 1.93. The Morgan fingerprint density at radius 2 is 2.07 bits per heavy atom. The van der Waals surface area contributed by atoms with Crippen LogP contribution in [0.15, 0.2) is 36.4 Å². The second-order valence-electron chi connectivity index (χ2n) is 3.58. The van der Waals surface area contributed by atoms with Crippen LogP contribution in [0.3, 0.4) is 0 Å². The van der Waals surface area contributed by atoms with E-state index in [2.05, 4.69) is 0 Å². The van der Waals surface area contributed by atoms with Crippen molar-refractivity contribution in [3.8, 4) is 0 Å². The monoisotopic (exact) mass is 187 g/mol. The molecule has 1 aliphatic heterocycles. The minimum absolute atomic E-state index is 0.112. The molecular weight excluding hydrogens is 174 g/mol. The molecule has 1 aromatic carbocycles. The van der Waals surface area contributed by atoms with Crippen molar-refractivity contribution in [3.05, 3.63) is 42.0 Å². The van der Waals surface area contributed by atoms with Crippen molar-refractivity contribution in [3.63, 3.8) is 0 Å². The Morgan fingerprint density at radius 3 is 2.64 bits per heavy atom. The molecule has 2 nitrogen and oxygen atoms in total. The third kappa shape index (κ3) is 2.02. The molecule has 0 N–H and O–H groups in total. The van der Waals surface area contributed by atoms with Gasteiger partial charge in [0.1, 0.15) is 0 Å². The lowest BCUT2D eigenvalue weighted by atomic mass is 10.2. The number of hydrogen-bond acceptors (Lipinski definition) is 1. The number of nitrogens with zero attached hydrogens (tertiary/aromatic N) is 1. The molecule has 1 unspecified atom stereocenters. The van der Waals surface area contributed by atoms with E-state index in [1.54, 1.807) is 6.08 Å². The number of carbonyl (C=O) groups excluding carboxylic acids is 1. The highest BCUT2D eigenvalue weighted by Gasteiger charge is 2.32. The Morgan fingerprint density at radius 1 is 1.43 bits per heavy atom. The molecule has 0 aromatic heterocycles. The third-order valence-electron chi connectivity index (χ3n) is 2.36. The van der Waals surface area contributed by atoms with Gasteiger partial charge in [-0.1, -0.05) is 30.3 Å². The molecule has 1 aromatic rings. The molecule has 1 amide bonds. The van der Waals surface area contributed by atoms with E-state index in [4.69, 9.17) is 0 Å². The van der Waals surface area contributed by atoms with Gasteiger partial charge in [0.05, 0.1) is 0 Å². The van der Waals surface area contributed by atoms with Gasteiger partial charge in [-0.3, -0.25) is 4.79 Å². The van der Waals surface area contributed by atoms with Gasteiger partial charge in [0.15, 0.2) is 0 Å². The molecule has 2 rings (SSSR count). The Balaban J connectivity index is 1.97. The standard InChI is InChI=1S/C12H13NO/c1-10-9-13(10)12(14)8-7-11-5-3-2-4-6-11/h2-8,10H,9H2,1H3/b8-7+. The van der Waals surface area contributed by atoms with Crippen LogP contribution in [0, 0.1) is 0 Å². The summed E-state index contributed by atoms with van der Waals surface area (Å²) in [6.07, 6.45) is 3.49. The van der Waals surface area contributed by atoms with Gasteiger partial charge in [-0.15, -0.1) is 0 Å². The molecule has 0 aliphatic carbocycles. The smallest absolute Gasteiger partial charge is 0.246 e. The second-order valence-corrected chi connectivity index (χ2v) is 3.58. The van der Waals surface area contributed by atoms with Gasteiger partial charge >= 0.3 is 0 Å². The fraction of sp³-hybridized carbons (Fsp3) is 0.250. The molecular formula is C12H13NO. The summed E-state index contributed by atoms with van der Waals surface area (Å²) in [5.41, 5.74) is 1.07. The summed E-state index contributed by atoms with van der Waals surface area (Å²) < 4.78 is 0. The molecule has 0 saturated carbocycles. The zero-order valence-electron chi connectivity index (χ0n) is 8.18. The molecule has 0 radical (unpaired) electrons. The average molecular weight is 187 g/mol. The van der Waals surface area contributed by atoms with E-state index in [-0.39, 0.29) is 5.91 Å². The van der Waals surface area contributed by atoms with Gasteiger partial charge in [-0.05, 0) is 18.6 Å². The van der Waals surface area contributed by atoms with E-state index in [1.165, 1.54) is 0 Å². The third-order valence-corrected chi connectivity index (χ3v) is 2.36. The second kappa shape index (κ2) is 3.66. The van der Waals surface area contributed by atoms with Crippen molar-refractivity contribution in [2.45, 2.75) is 13.0 Å². The van der Waals surface area contributed by atoms with E-state index >= 15 is 0 Å². The molecule has 1 aliphatic rings. The summed E-state index contributed by atoms with van der Waals surface area (Å²) in [5.74, 6) is 0.112. The van der Waals surface area contributed by atoms with Crippen molar-refractivity contribution in [1.29, 1.82) is 0 Å². The molecule has 1 atom stereocenters. The zero-order valence-corrected chi connectivity index (χ0v) is 8.18. The molecule has 0 bridgehead atoms. The predicted molar refractivity (Wildman–Crippen MR) is 56.7 cm³/mol. The van der Waals surface area contributed by atoms with Crippen molar-refractivity contribution < 1.29 is 4.79 Å². The summed E-state index contributed by atoms with van der Waals surface area (Å²) in [4.78, 5) is 13.3. The maximum atomic E-state index is 11.4. The van der Waals surface area contributed by atoms with Gasteiger partial charge < -0.3 is 4.90 Å². The van der Waals surface area contributed by atoms with Crippen LogP contribution in [-0.4, -0.2) is 23.4 Å². The minimum atomic E-state index is 0.112. The first-order valence-electron chi connectivity index (χ1n) is 4.81. The van der Waals surface area contributed by atoms with Gasteiger partial charge in [-0.2, -0.15) is 0 Å². The van der Waals surface area contributed by atoms with Gasteiger partial charge in [0.25, 0.3) is 0 Å². The minimum Gasteiger partial charge on any atom is -0.333 e. The highest BCUT2D eigenvalue weighted by Crippen LogP contribution is 2.16. The first-order valence-corrected chi connectivity index (χ1v) is 4.81. The zero-order chi connectivity index (χ0) is 9.97. The molecule has 1 fully saturated rings. The number of benzene rings is 1. The van der Waals surface area contributed by atoms with Crippen molar-refractivity contribution in [2.75, 3.05) is 6.54 Å². The lowest BCUT2D eigenvalue weighted by molar-refractivity contribution is -0.121. The summed E-state index contributed by atoms with van der Waals surface area (Å²) >= 11 is 0. The van der Waals surface area contributed by atoms with Crippen LogP contribution in [0.5, 0.6) is 0 Å². The van der Waals surface area contributed by atoms with Crippen molar-refractivity contribution in [2.24, 2.45) is 0 Å².